The third kappa shape index (κ3) is 7.38. The summed E-state index contributed by atoms with van der Waals surface area (Å²) >= 11 is 7.08. The van der Waals surface area contributed by atoms with Crippen molar-refractivity contribution >= 4 is 60.1 Å². The molecule has 35 heavy (non-hydrogen) atoms. The maximum absolute atomic E-state index is 12.9. The third-order valence-electron chi connectivity index (χ3n) is 5.95. The van der Waals surface area contributed by atoms with Gasteiger partial charge >= 0.3 is 0 Å². The molecule has 2 heterocycles. The van der Waals surface area contributed by atoms with Crippen LogP contribution in [0.5, 0.6) is 0 Å². The number of anilines is 3. The lowest BCUT2D eigenvalue weighted by Gasteiger charge is -2.36. The summed E-state index contributed by atoms with van der Waals surface area (Å²) in [6, 6.07) is 12.3. The van der Waals surface area contributed by atoms with E-state index in [4.69, 9.17) is 16.0 Å². The number of amides is 2. The van der Waals surface area contributed by atoms with Gasteiger partial charge in [0, 0.05) is 30.3 Å². The second-order valence-corrected chi connectivity index (χ2v) is 16.1. The highest BCUT2D eigenvalue weighted by atomic mass is 35.5. The van der Waals surface area contributed by atoms with Crippen molar-refractivity contribution in [1.29, 1.82) is 0 Å². The SMILES string of the molecule is CC(C)(C)[Si](C)(C)OCCNc1ccc(NC(=O)c2cnccc2NC(=O)c2ccc(Cl)s2)cc1. The van der Waals surface area contributed by atoms with Gasteiger partial charge in [-0.05, 0) is 60.6 Å². The van der Waals surface area contributed by atoms with Gasteiger partial charge in [0.1, 0.15) is 0 Å². The zero-order valence-electron chi connectivity index (χ0n) is 20.6. The summed E-state index contributed by atoms with van der Waals surface area (Å²) < 4.78 is 6.70. The molecule has 0 spiro atoms. The summed E-state index contributed by atoms with van der Waals surface area (Å²) in [5, 5.41) is 9.14. The van der Waals surface area contributed by atoms with Crippen molar-refractivity contribution < 1.29 is 14.0 Å². The van der Waals surface area contributed by atoms with Crippen LogP contribution >= 0.6 is 22.9 Å². The summed E-state index contributed by atoms with van der Waals surface area (Å²) in [5.41, 5.74) is 2.19. The molecule has 0 fully saturated rings. The minimum absolute atomic E-state index is 0.182. The molecule has 0 atom stereocenters. The van der Waals surface area contributed by atoms with E-state index in [1.807, 2.05) is 24.3 Å². The van der Waals surface area contributed by atoms with E-state index in [2.05, 4.69) is 54.8 Å². The summed E-state index contributed by atoms with van der Waals surface area (Å²) in [6.07, 6.45) is 2.94. The van der Waals surface area contributed by atoms with E-state index in [9.17, 15) is 9.59 Å². The van der Waals surface area contributed by atoms with Gasteiger partial charge in [-0.2, -0.15) is 0 Å². The zero-order chi connectivity index (χ0) is 25.6. The first-order chi connectivity index (χ1) is 16.5. The van der Waals surface area contributed by atoms with Crippen LogP contribution in [0.4, 0.5) is 17.1 Å². The molecule has 0 aliphatic carbocycles. The molecule has 1 aromatic carbocycles. The first-order valence-corrected chi connectivity index (χ1v) is 15.4. The maximum Gasteiger partial charge on any atom is 0.265 e. The highest BCUT2D eigenvalue weighted by Crippen LogP contribution is 2.36. The Balaban J connectivity index is 1.56. The molecule has 7 nitrogen and oxygen atoms in total. The number of benzene rings is 1. The van der Waals surface area contributed by atoms with E-state index >= 15 is 0 Å². The molecule has 0 aliphatic rings. The van der Waals surface area contributed by atoms with Crippen molar-refractivity contribution in [3.05, 3.63) is 69.6 Å². The van der Waals surface area contributed by atoms with E-state index in [0.717, 1.165) is 5.69 Å². The van der Waals surface area contributed by atoms with Gasteiger partial charge in [-0.15, -0.1) is 11.3 Å². The average molecular weight is 531 g/mol. The molecule has 0 unspecified atom stereocenters. The Hall–Kier alpha value is -2.72. The number of pyridine rings is 1. The number of thiophene rings is 1. The van der Waals surface area contributed by atoms with Crippen LogP contribution in [-0.2, 0) is 4.43 Å². The minimum atomic E-state index is -1.76. The third-order valence-corrected chi connectivity index (χ3v) is 11.7. The van der Waals surface area contributed by atoms with E-state index in [1.165, 1.54) is 23.7 Å². The fourth-order valence-electron chi connectivity index (χ4n) is 2.89. The fraction of sp³-hybridized carbons (Fsp3) is 0.320. The van der Waals surface area contributed by atoms with Crippen LogP contribution in [0.3, 0.4) is 0 Å². The van der Waals surface area contributed by atoms with Crippen LogP contribution < -0.4 is 16.0 Å². The van der Waals surface area contributed by atoms with Gasteiger partial charge < -0.3 is 20.4 Å². The monoisotopic (exact) mass is 530 g/mol. The molecule has 3 rings (SSSR count). The molecule has 2 aromatic heterocycles. The summed E-state index contributed by atoms with van der Waals surface area (Å²) in [6.45, 7) is 12.5. The van der Waals surface area contributed by atoms with Gasteiger partial charge in [-0.25, -0.2) is 0 Å². The summed E-state index contributed by atoms with van der Waals surface area (Å²) in [5.74, 6) is -0.712. The van der Waals surface area contributed by atoms with Gasteiger partial charge in [0.25, 0.3) is 11.8 Å². The van der Waals surface area contributed by atoms with Crippen LogP contribution in [0, 0.1) is 0 Å². The Labute approximate surface area is 216 Å². The Kier molecular flexibility index (Phi) is 8.71. The number of hydrogen-bond acceptors (Lipinski definition) is 6. The van der Waals surface area contributed by atoms with Gasteiger partial charge in [-0.1, -0.05) is 32.4 Å². The lowest BCUT2D eigenvalue weighted by atomic mass is 10.2. The first kappa shape index (κ1) is 26.9. The Morgan fingerprint density at radius 2 is 1.69 bits per heavy atom. The van der Waals surface area contributed by atoms with Crippen LogP contribution in [-0.4, -0.2) is 38.3 Å². The Morgan fingerprint density at radius 3 is 2.31 bits per heavy atom. The largest absolute Gasteiger partial charge is 0.415 e. The Morgan fingerprint density at radius 1 is 1.00 bits per heavy atom. The lowest BCUT2D eigenvalue weighted by Crippen LogP contribution is -2.41. The van der Waals surface area contributed by atoms with Gasteiger partial charge in [0.15, 0.2) is 8.32 Å². The van der Waals surface area contributed by atoms with Gasteiger partial charge in [-0.3, -0.25) is 14.6 Å². The molecule has 0 bridgehead atoms. The molecule has 0 radical (unpaired) electrons. The molecular weight excluding hydrogens is 500 g/mol. The van der Waals surface area contributed by atoms with Crippen LogP contribution in [0.15, 0.2) is 54.9 Å². The van der Waals surface area contributed by atoms with Crippen molar-refractivity contribution in [2.24, 2.45) is 0 Å². The predicted molar refractivity (Wildman–Crippen MR) is 148 cm³/mol. The molecule has 2 amide bonds. The van der Waals surface area contributed by atoms with E-state index < -0.39 is 8.32 Å². The normalized spacial score (nSPS) is 11.7. The average Bonchev–Trinajstić information content (AvgIpc) is 3.24. The van der Waals surface area contributed by atoms with Gasteiger partial charge in [0.2, 0.25) is 0 Å². The second-order valence-electron chi connectivity index (χ2n) is 9.55. The topological polar surface area (TPSA) is 92.3 Å². The fourth-order valence-corrected chi connectivity index (χ4v) is 4.88. The van der Waals surface area contributed by atoms with Gasteiger partial charge in [0.05, 0.1) is 27.1 Å². The number of carbonyl (C=O) groups excluding carboxylic acids is 2. The van der Waals surface area contributed by atoms with E-state index in [-0.39, 0.29) is 22.4 Å². The van der Waals surface area contributed by atoms with Crippen LogP contribution in [0.25, 0.3) is 0 Å². The molecule has 0 aliphatic heterocycles. The van der Waals surface area contributed by atoms with Crippen molar-refractivity contribution in [3.8, 4) is 0 Å². The smallest absolute Gasteiger partial charge is 0.265 e. The molecule has 3 aromatic rings. The lowest BCUT2D eigenvalue weighted by molar-refractivity contribution is 0.102. The van der Waals surface area contributed by atoms with Crippen LogP contribution in [0.1, 0.15) is 40.8 Å². The van der Waals surface area contributed by atoms with Crippen molar-refractivity contribution in [2.75, 3.05) is 29.1 Å². The van der Waals surface area contributed by atoms with Crippen LogP contribution in [0.2, 0.25) is 22.5 Å². The Bertz CT molecular complexity index is 1180. The number of nitrogens with one attached hydrogen (secondary N) is 3. The molecule has 3 N–H and O–H groups in total. The van der Waals surface area contributed by atoms with Crippen molar-refractivity contribution in [3.63, 3.8) is 0 Å². The minimum Gasteiger partial charge on any atom is -0.415 e. The maximum atomic E-state index is 12.9. The highest BCUT2D eigenvalue weighted by molar-refractivity contribution is 7.18. The number of aromatic nitrogens is 1. The highest BCUT2D eigenvalue weighted by Gasteiger charge is 2.36. The number of carbonyl (C=O) groups is 2. The van der Waals surface area contributed by atoms with Crippen molar-refractivity contribution in [2.45, 2.75) is 38.9 Å². The summed E-state index contributed by atoms with van der Waals surface area (Å²) in [4.78, 5) is 29.8. The molecule has 186 valence electrons. The molecular formula is C25H31ClN4O3SSi. The molecule has 0 saturated heterocycles. The zero-order valence-corrected chi connectivity index (χ0v) is 23.1. The standard InChI is InChI=1S/C25H31ClN4O3SSi/c1-25(2,3)35(4,5)33-15-14-28-17-6-8-18(9-7-17)29-23(31)19-16-27-13-12-20(19)30-24(32)21-10-11-22(26)34-21/h6-13,16,28H,14-15H2,1-5H3,(H,29,31)(H,27,30,32). The number of rotatable bonds is 9. The van der Waals surface area contributed by atoms with E-state index in [1.54, 1.807) is 18.2 Å². The first-order valence-electron chi connectivity index (χ1n) is 11.3. The summed E-state index contributed by atoms with van der Waals surface area (Å²) in [7, 11) is -1.76. The number of nitrogens with zero attached hydrogens (tertiary/aromatic N) is 1. The van der Waals surface area contributed by atoms with Crippen molar-refractivity contribution in [1.82, 2.24) is 4.98 Å². The number of hydrogen-bond donors (Lipinski definition) is 3. The molecule has 10 heteroatoms. The van der Waals surface area contributed by atoms with E-state index in [0.29, 0.717) is 33.7 Å². The molecule has 0 saturated carbocycles. The quantitative estimate of drug-likeness (QED) is 0.210. The predicted octanol–water partition coefficient (Wildman–Crippen LogP) is 6.73. The second kappa shape index (κ2) is 11.3. The number of halogens is 1.